The molecular weight excluding hydrogens is 281 g/mol. The van der Waals surface area contributed by atoms with Crippen LogP contribution in [0.3, 0.4) is 0 Å². The smallest absolute Gasteiger partial charge is 0.222 e. The standard InChI is InChI=1S/C11H8Cl3N3/c1-5-9(16-11(15)17-10(5)14)6-3-2-4-7(12)8(6)13/h2-4H,1H3,(H2,15,16,17). The molecule has 3 nitrogen and oxygen atoms in total. The van der Waals surface area contributed by atoms with Crippen molar-refractivity contribution < 1.29 is 0 Å². The number of nitrogens with zero attached hydrogens (tertiary/aromatic N) is 2. The molecule has 0 aliphatic rings. The van der Waals surface area contributed by atoms with Gasteiger partial charge >= 0.3 is 0 Å². The van der Waals surface area contributed by atoms with Crippen molar-refractivity contribution in [1.82, 2.24) is 9.97 Å². The van der Waals surface area contributed by atoms with Crippen LogP contribution in [0.15, 0.2) is 18.2 Å². The lowest BCUT2D eigenvalue weighted by Gasteiger charge is -2.09. The van der Waals surface area contributed by atoms with E-state index in [1.165, 1.54) is 0 Å². The first kappa shape index (κ1) is 12.4. The molecular formula is C11H8Cl3N3. The summed E-state index contributed by atoms with van der Waals surface area (Å²) in [7, 11) is 0. The highest BCUT2D eigenvalue weighted by Crippen LogP contribution is 2.35. The average Bonchev–Trinajstić information content (AvgIpc) is 2.27. The first-order valence-electron chi connectivity index (χ1n) is 4.74. The summed E-state index contributed by atoms with van der Waals surface area (Å²) in [6, 6.07) is 5.30. The molecule has 1 aromatic carbocycles. The van der Waals surface area contributed by atoms with E-state index < -0.39 is 0 Å². The van der Waals surface area contributed by atoms with Gasteiger partial charge in [0.1, 0.15) is 5.15 Å². The van der Waals surface area contributed by atoms with Gasteiger partial charge in [0.15, 0.2) is 0 Å². The molecule has 0 atom stereocenters. The Morgan fingerprint density at radius 1 is 1.12 bits per heavy atom. The van der Waals surface area contributed by atoms with Crippen molar-refractivity contribution in [2.45, 2.75) is 6.92 Å². The van der Waals surface area contributed by atoms with Crippen LogP contribution in [-0.2, 0) is 0 Å². The zero-order valence-electron chi connectivity index (χ0n) is 8.84. The lowest BCUT2D eigenvalue weighted by atomic mass is 10.1. The number of halogens is 3. The zero-order valence-corrected chi connectivity index (χ0v) is 11.1. The minimum Gasteiger partial charge on any atom is -0.368 e. The van der Waals surface area contributed by atoms with Crippen molar-refractivity contribution in [2.75, 3.05) is 5.73 Å². The summed E-state index contributed by atoms with van der Waals surface area (Å²) in [6.45, 7) is 1.80. The molecule has 17 heavy (non-hydrogen) atoms. The maximum Gasteiger partial charge on any atom is 0.222 e. The number of rotatable bonds is 1. The third-order valence-corrected chi connectivity index (χ3v) is 3.50. The highest BCUT2D eigenvalue weighted by Gasteiger charge is 2.14. The van der Waals surface area contributed by atoms with Crippen LogP contribution in [0.25, 0.3) is 11.3 Å². The third-order valence-electron chi connectivity index (χ3n) is 2.31. The second-order valence-corrected chi connectivity index (χ2v) is 4.59. The van der Waals surface area contributed by atoms with Gasteiger partial charge in [0.2, 0.25) is 5.95 Å². The summed E-state index contributed by atoms with van der Waals surface area (Å²) >= 11 is 18.0. The largest absolute Gasteiger partial charge is 0.368 e. The Labute approximate surface area is 114 Å². The van der Waals surface area contributed by atoms with Gasteiger partial charge in [-0.05, 0) is 13.0 Å². The number of anilines is 1. The number of benzene rings is 1. The van der Waals surface area contributed by atoms with E-state index in [-0.39, 0.29) is 5.95 Å². The van der Waals surface area contributed by atoms with Crippen molar-refractivity contribution in [3.8, 4) is 11.3 Å². The minimum absolute atomic E-state index is 0.103. The number of aromatic nitrogens is 2. The normalized spacial score (nSPS) is 10.6. The second kappa shape index (κ2) is 4.69. The van der Waals surface area contributed by atoms with Crippen LogP contribution in [0.5, 0.6) is 0 Å². The average molecular weight is 289 g/mol. The number of hydrogen-bond donors (Lipinski definition) is 1. The third kappa shape index (κ3) is 2.32. The fourth-order valence-electron chi connectivity index (χ4n) is 1.45. The van der Waals surface area contributed by atoms with Gasteiger partial charge in [-0.3, -0.25) is 0 Å². The highest BCUT2D eigenvalue weighted by molar-refractivity contribution is 6.43. The molecule has 6 heteroatoms. The van der Waals surface area contributed by atoms with Crippen molar-refractivity contribution >= 4 is 40.8 Å². The molecule has 0 aliphatic heterocycles. The van der Waals surface area contributed by atoms with Crippen LogP contribution in [0.4, 0.5) is 5.95 Å². The molecule has 0 bridgehead atoms. The van der Waals surface area contributed by atoms with Crippen molar-refractivity contribution in [1.29, 1.82) is 0 Å². The molecule has 88 valence electrons. The van der Waals surface area contributed by atoms with Crippen LogP contribution in [0.1, 0.15) is 5.56 Å². The van der Waals surface area contributed by atoms with E-state index in [0.717, 1.165) is 0 Å². The topological polar surface area (TPSA) is 51.8 Å². The first-order chi connectivity index (χ1) is 8.00. The summed E-state index contributed by atoms with van der Waals surface area (Å²) in [4.78, 5) is 8.01. The quantitative estimate of drug-likeness (QED) is 0.807. The molecule has 0 spiro atoms. The van der Waals surface area contributed by atoms with Crippen LogP contribution >= 0.6 is 34.8 Å². The fraction of sp³-hybridized carbons (Fsp3) is 0.0909. The van der Waals surface area contributed by atoms with Crippen molar-refractivity contribution in [3.05, 3.63) is 39.0 Å². The Hall–Kier alpha value is -1.03. The van der Waals surface area contributed by atoms with Crippen LogP contribution in [0.2, 0.25) is 15.2 Å². The lowest BCUT2D eigenvalue weighted by Crippen LogP contribution is -2.00. The fourth-order valence-corrected chi connectivity index (χ4v) is 2.02. The number of hydrogen-bond acceptors (Lipinski definition) is 3. The zero-order chi connectivity index (χ0) is 12.6. The summed E-state index contributed by atoms with van der Waals surface area (Å²) in [5, 5.41) is 1.19. The molecule has 0 aliphatic carbocycles. The monoisotopic (exact) mass is 287 g/mol. The van der Waals surface area contributed by atoms with E-state index in [0.29, 0.717) is 32.0 Å². The van der Waals surface area contributed by atoms with E-state index in [9.17, 15) is 0 Å². The Morgan fingerprint density at radius 2 is 1.82 bits per heavy atom. The Kier molecular flexibility index (Phi) is 3.43. The van der Waals surface area contributed by atoms with Gasteiger partial charge in [-0.15, -0.1) is 0 Å². The van der Waals surface area contributed by atoms with Gasteiger partial charge in [-0.25, -0.2) is 9.97 Å². The first-order valence-corrected chi connectivity index (χ1v) is 5.88. The van der Waals surface area contributed by atoms with Gasteiger partial charge < -0.3 is 5.73 Å². The molecule has 0 radical (unpaired) electrons. The maximum atomic E-state index is 6.13. The molecule has 0 saturated heterocycles. The predicted molar refractivity (Wildman–Crippen MR) is 71.6 cm³/mol. The number of nitrogens with two attached hydrogens (primary N) is 1. The molecule has 0 amide bonds. The van der Waals surface area contributed by atoms with E-state index in [2.05, 4.69) is 9.97 Å². The Balaban J connectivity index is 2.73. The van der Waals surface area contributed by atoms with E-state index in [1.807, 2.05) is 0 Å². The summed E-state index contributed by atoms with van der Waals surface area (Å²) in [5.41, 5.74) is 7.56. The lowest BCUT2D eigenvalue weighted by molar-refractivity contribution is 1.15. The molecule has 2 aromatic rings. The van der Waals surface area contributed by atoms with Crippen molar-refractivity contribution in [2.24, 2.45) is 0 Å². The summed E-state index contributed by atoms with van der Waals surface area (Å²) in [6.07, 6.45) is 0. The molecule has 0 fully saturated rings. The second-order valence-electron chi connectivity index (χ2n) is 3.45. The number of nitrogen functional groups attached to an aromatic ring is 1. The summed E-state index contributed by atoms with van der Waals surface area (Å²) < 4.78 is 0. The van der Waals surface area contributed by atoms with Crippen LogP contribution in [0, 0.1) is 6.92 Å². The molecule has 2 rings (SSSR count). The molecule has 0 saturated carbocycles. The molecule has 2 N–H and O–H groups in total. The van der Waals surface area contributed by atoms with Crippen molar-refractivity contribution in [3.63, 3.8) is 0 Å². The van der Waals surface area contributed by atoms with Gasteiger partial charge in [0.05, 0.1) is 15.7 Å². The Bertz CT molecular complexity index is 584. The SMILES string of the molecule is Cc1c(Cl)nc(N)nc1-c1cccc(Cl)c1Cl. The molecule has 0 unspecified atom stereocenters. The predicted octanol–water partition coefficient (Wildman–Crippen LogP) is 3.99. The van der Waals surface area contributed by atoms with Crippen LogP contribution in [-0.4, -0.2) is 9.97 Å². The van der Waals surface area contributed by atoms with E-state index >= 15 is 0 Å². The summed E-state index contributed by atoms with van der Waals surface area (Å²) in [5.74, 6) is 0.103. The van der Waals surface area contributed by atoms with Gasteiger partial charge in [-0.2, -0.15) is 0 Å². The molecule has 1 heterocycles. The minimum atomic E-state index is 0.103. The maximum absolute atomic E-state index is 6.13. The van der Waals surface area contributed by atoms with E-state index in [1.54, 1.807) is 25.1 Å². The van der Waals surface area contributed by atoms with Gasteiger partial charge in [0.25, 0.3) is 0 Å². The molecule has 1 aromatic heterocycles. The highest BCUT2D eigenvalue weighted by atomic mass is 35.5. The van der Waals surface area contributed by atoms with Gasteiger partial charge in [0, 0.05) is 11.1 Å². The van der Waals surface area contributed by atoms with E-state index in [4.69, 9.17) is 40.5 Å². The van der Waals surface area contributed by atoms with Gasteiger partial charge in [-0.1, -0.05) is 46.9 Å². The Morgan fingerprint density at radius 3 is 2.53 bits per heavy atom. The van der Waals surface area contributed by atoms with Crippen LogP contribution < -0.4 is 5.73 Å².